The lowest BCUT2D eigenvalue weighted by Crippen LogP contribution is -1.91. The average molecular weight is 485 g/mol. The predicted molar refractivity (Wildman–Crippen MR) is 158 cm³/mol. The zero-order valence-electron chi connectivity index (χ0n) is 23.3. The van der Waals surface area contributed by atoms with E-state index in [0.29, 0.717) is 0 Å². The highest BCUT2D eigenvalue weighted by Gasteiger charge is 2.26. The Morgan fingerprint density at radius 3 is 0.757 bits per heavy atom. The fourth-order valence-corrected chi connectivity index (χ4v) is 5.84. The monoisotopic (exact) mass is 484 g/mol. The maximum absolute atomic E-state index is 7.01. The molecule has 1 aromatic heterocycles. The minimum atomic E-state index is 0.931. The molecule has 0 aliphatic rings. The van der Waals surface area contributed by atoms with E-state index in [1.165, 1.54) is 55.6 Å². The van der Waals surface area contributed by atoms with Crippen LogP contribution in [0.15, 0.2) is 77.2 Å². The van der Waals surface area contributed by atoms with Crippen molar-refractivity contribution in [3.8, 4) is 44.9 Å². The van der Waals surface area contributed by atoms with Gasteiger partial charge in [-0.1, -0.05) is 93.0 Å². The standard InChI is InChI=1S/C36H36O/c1-21-9-22(2)14-29(13-21)33-34(30-15-23(3)10-24(4)16-30)36(32-19-27(7)12-28(8)20-32)37-35(33)31-17-25(5)11-26(6)18-31/h9-20H,1-8H3. The van der Waals surface area contributed by atoms with Gasteiger partial charge in [0, 0.05) is 22.3 Å². The van der Waals surface area contributed by atoms with E-state index in [4.69, 9.17) is 4.42 Å². The topological polar surface area (TPSA) is 13.1 Å². The smallest absolute Gasteiger partial charge is 0.143 e. The van der Waals surface area contributed by atoms with E-state index in [1.807, 2.05) is 0 Å². The van der Waals surface area contributed by atoms with E-state index in [1.54, 1.807) is 0 Å². The molecule has 5 rings (SSSR count). The molecule has 0 radical (unpaired) electrons. The molecule has 1 heterocycles. The van der Waals surface area contributed by atoms with E-state index in [9.17, 15) is 0 Å². The molecule has 0 atom stereocenters. The first kappa shape index (κ1) is 24.8. The highest BCUT2D eigenvalue weighted by atomic mass is 16.3. The summed E-state index contributed by atoms with van der Waals surface area (Å²) in [5.74, 6) is 1.86. The first-order valence-corrected chi connectivity index (χ1v) is 13.1. The quantitative estimate of drug-likeness (QED) is 0.247. The van der Waals surface area contributed by atoms with Crippen molar-refractivity contribution in [2.24, 2.45) is 0 Å². The summed E-state index contributed by atoms with van der Waals surface area (Å²) in [6, 6.07) is 27.1. The Bertz CT molecular complexity index is 1440. The van der Waals surface area contributed by atoms with Gasteiger partial charge in [0.05, 0.1) is 0 Å². The van der Waals surface area contributed by atoms with E-state index in [0.717, 1.165) is 33.8 Å². The number of aryl methyl sites for hydroxylation is 8. The summed E-state index contributed by atoms with van der Waals surface area (Å²) in [6.07, 6.45) is 0. The van der Waals surface area contributed by atoms with E-state index >= 15 is 0 Å². The van der Waals surface area contributed by atoms with Crippen LogP contribution in [0.2, 0.25) is 0 Å². The van der Waals surface area contributed by atoms with Gasteiger partial charge in [0.2, 0.25) is 0 Å². The van der Waals surface area contributed by atoms with Crippen LogP contribution in [-0.2, 0) is 0 Å². The molecule has 0 N–H and O–H groups in total. The first-order valence-electron chi connectivity index (χ1n) is 13.1. The van der Waals surface area contributed by atoms with Crippen molar-refractivity contribution in [1.29, 1.82) is 0 Å². The van der Waals surface area contributed by atoms with Gasteiger partial charge in [-0.25, -0.2) is 0 Å². The summed E-state index contributed by atoms with van der Waals surface area (Å²) >= 11 is 0. The van der Waals surface area contributed by atoms with Crippen LogP contribution in [0.1, 0.15) is 44.5 Å². The highest BCUT2D eigenvalue weighted by Crippen LogP contribution is 2.49. The molecule has 0 saturated carbocycles. The third-order valence-electron chi connectivity index (χ3n) is 6.90. The Morgan fingerprint density at radius 2 is 0.514 bits per heavy atom. The summed E-state index contributed by atoms with van der Waals surface area (Å²) in [4.78, 5) is 0. The van der Waals surface area contributed by atoms with Crippen molar-refractivity contribution in [1.82, 2.24) is 0 Å². The minimum Gasteiger partial charge on any atom is -0.455 e. The molecular weight excluding hydrogens is 448 g/mol. The third-order valence-corrected chi connectivity index (χ3v) is 6.90. The predicted octanol–water partition coefficient (Wildman–Crippen LogP) is 10.4. The average Bonchev–Trinajstić information content (AvgIpc) is 3.17. The molecule has 0 aliphatic heterocycles. The second-order valence-electron chi connectivity index (χ2n) is 11.0. The Morgan fingerprint density at radius 1 is 0.297 bits per heavy atom. The molecular formula is C36H36O. The Labute approximate surface area is 221 Å². The van der Waals surface area contributed by atoms with Gasteiger partial charge in [0.25, 0.3) is 0 Å². The van der Waals surface area contributed by atoms with Crippen LogP contribution < -0.4 is 0 Å². The Kier molecular flexibility index (Phi) is 6.42. The molecule has 5 aromatic rings. The maximum atomic E-state index is 7.01. The number of rotatable bonds is 4. The largest absolute Gasteiger partial charge is 0.455 e. The zero-order chi connectivity index (χ0) is 26.4. The van der Waals surface area contributed by atoms with Crippen molar-refractivity contribution in [2.45, 2.75) is 55.4 Å². The summed E-state index contributed by atoms with van der Waals surface area (Å²) < 4.78 is 7.01. The van der Waals surface area contributed by atoms with Crippen LogP contribution in [0.25, 0.3) is 44.9 Å². The zero-order valence-corrected chi connectivity index (χ0v) is 23.3. The van der Waals surface area contributed by atoms with Crippen LogP contribution in [0.5, 0.6) is 0 Å². The number of hydrogen-bond donors (Lipinski definition) is 0. The van der Waals surface area contributed by atoms with Crippen LogP contribution >= 0.6 is 0 Å². The molecule has 0 fully saturated rings. The fraction of sp³-hybridized carbons (Fsp3) is 0.222. The van der Waals surface area contributed by atoms with Gasteiger partial charge in [-0.15, -0.1) is 0 Å². The van der Waals surface area contributed by atoms with Crippen LogP contribution in [0, 0.1) is 55.4 Å². The van der Waals surface area contributed by atoms with Gasteiger partial charge in [-0.3, -0.25) is 0 Å². The van der Waals surface area contributed by atoms with Gasteiger partial charge in [0.15, 0.2) is 0 Å². The molecule has 4 aromatic carbocycles. The molecule has 0 unspecified atom stereocenters. The van der Waals surface area contributed by atoms with Crippen molar-refractivity contribution < 1.29 is 4.42 Å². The minimum absolute atomic E-state index is 0.931. The normalized spacial score (nSPS) is 11.2. The van der Waals surface area contributed by atoms with Crippen molar-refractivity contribution in [3.05, 3.63) is 117 Å². The second kappa shape index (κ2) is 9.56. The lowest BCUT2D eigenvalue weighted by molar-refractivity contribution is 0.598. The number of hydrogen-bond acceptors (Lipinski definition) is 1. The SMILES string of the molecule is Cc1cc(C)cc(-c2oc(-c3cc(C)cc(C)c3)c(-c3cc(C)cc(C)c3)c2-c2cc(C)cc(C)c2)c1. The van der Waals surface area contributed by atoms with Gasteiger partial charge in [0.1, 0.15) is 11.5 Å². The van der Waals surface area contributed by atoms with Gasteiger partial charge >= 0.3 is 0 Å². The number of benzene rings is 4. The van der Waals surface area contributed by atoms with Crippen molar-refractivity contribution in [2.75, 3.05) is 0 Å². The van der Waals surface area contributed by atoms with Crippen LogP contribution in [0.4, 0.5) is 0 Å². The highest BCUT2D eigenvalue weighted by molar-refractivity contribution is 6.00. The molecule has 1 nitrogen and oxygen atoms in total. The molecule has 0 bridgehead atoms. The van der Waals surface area contributed by atoms with Crippen molar-refractivity contribution in [3.63, 3.8) is 0 Å². The van der Waals surface area contributed by atoms with E-state index in [-0.39, 0.29) is 0 Å². The third kappa shape index (κ3) is 5.04. The summed E-state index contributed by atoms with van der Waals surface area (Å²) in [6.45, 7) is 17.3. The van der Waals surface area contributed by atoms with E-state index < -0.39 is 0 Å². The number of furan rings is 1. The fourth-order valence-electron chi connectivity index (χ4n) is 5.84. The molecule has 186 valence electrons. The van der Waals surface area contributed by atoms with Crippen molar-refractivity contribution >= 4 is 0 Å². The maximum Gasteiger partial charge on any atom is 0.143 e. The molecule has 1 heteroatoms. The summed E-state index contributed by atoms with van der Waals surface area (Å²) in [5.41, 5.74) is 16.9. The lowest BCUT2D eigenvalue weighted by Gasteiger charge is -2.12. The molecule has 37 heavy (non-hydrogen) atoms. The molecule has 0 spiro atoms. The first-order chi connectivity index (χ1) is 17.6. The van der Waals surface area contributed by atoms with Gasteiger partial charge in [-0.2, -0.15) is 0 Å². The molecule has 0 saturated heterocycles. The lowest BCUT2D eigenvalue weighted by atomic mass is 9.88. The van der Waals surface area contributed by atoms with Crippen LogP contribution in [-0.4, -0.2) is 0 Å². The second-order valence-corrected chi connectivity index (χ2v) is 11.0. The summed E-state index contributed by atoms with van der Waals surface area (Å²) in [7, 11) is 0. The van der Waals surface area contributed by atoms with Gasteiger partial charge in [-0.05, 0) is 90.8 Å². The van der Waals surface area contributed by atoms with Gasteiger partial charge < -0.3 is 4.42 Å². The van der Waals surface area contributed by atoms with Crippen LogP contribution in [0.3, 0.4) is 0 Å². The molecule has 0 amide bonds. The van der Waals surface area contributed by atoms with E-state index in [2.05, 4.69) is 128 Å². The Hall–Kier alpha value is -3.84. The molecule has 0 aliphatic carbocycles. The Balaban J connectivity index is 1.97. The summed E-state index contributed by atoms with van der Waals surface area (Å²) in [5, 5.41) is 0.